The topological polar surface area (TPSA) is 144 Å². The number of amides is 4. The Labute approximate surface area is 496 Å². The van der Waals surface area contributed by atoms with Gasteiger partial charge in [-0.25, -0.2) is 9.97 Å². The number of hydrogen-bond acceptors (Lipinski definition) is 8. The summed E-state index contributed by atoms with van der Waals surface area (Å²) < 4.78 is 3.47. The van der Waals surface area contributed by atoms with Gasteiger partial charge in [0.1, 0.15) is 11.3 Å². The van der Waals surface area contributed by atoms with Crippen molar-refractivity contribution >= 4 is 100 Å². The van der Waals surface area contributed by atoms with E-state index in [0.29, 0.717) is 124 Å². The largest absolute Gasteiger partial charge is 0.274 e. The van der Waals surface area contributed by atoms with E-state index < -0.39 is 5.41 Å². The first kappa shape index (κ1) is 56.5. The monoisotopic (exact) mass is 1140 g/mol. The Morgan fingerprint density at radius 3 is 1.05 bits per heavy atom. The summed E-state index contributed by atoms with van der Waals surface area (Å²) in [6.45, 7) is 18.4. The highest BCUT2D eigenvalue weighted by Gasteiger charge is 2.47. The van der Waals surface area contributed by atoms with E-state index in [9.17, 15) is 19.2 Å². The van der Waals surface area contributed by atoms with Crippen molar-refractivity contribution in [2.75, 3.05) is 13.1 Å². The van der Waals surface area contributed by atoms with Crippen LogP contribution in [0.25, 0.3) is 87.6 Å². The third-order valence-electron chi connectivity index (χ3n) is 20.8. The Balaban J connectivity index is 1.03. The lowest BCUT2D eigenvalue weighted by molar-refractivity contribution is 0.0565. The zero-order valence-corrected chi connectivity index (χ0v) is 51.0. The van der Waals surface area contributed by atoms with E-state index in [2.05, 4.69) is 79.7 Å². The average Bonchev–Trinajstić information content (AvgIpc) is 1.70. The van der Waals surface area contributed by atoms with Crippen LogP contribution in [-0.4, -0.2) is 65.3 Å². The number of fused-ring (bicyclic) bond motifs is 11. The fourth-order valence-electron chi connectivity index (χ4n) is 15.9. The van der Waals surface area contributed by atoms with Crippen molar-refractivity contribution in [2.24, 2.45) is 23.7 Å². The summed E-state index contributed by atoms with van der Waals surface area (Å²) in [7, 11) is 0. The molecule has 4 aromatic heterocycles. The molecule has 85 heavy (non-hydrogen) atoms. The lowest BCUT2D eigenvalue weighted by atomic mass is 9.65. The van der Waals surface area contributed by atoms with E-state index in [4.69, 9.17) is 9.97 Å². The van der Waals surface area contributed by atoms with Gasteiger partial charge in [-0.1, -0.05) is 145 Å². The number of imidazole rings is 2. The summed E-state index contributed by atoms with van der Waals surface area (Å²) in [6, 6.07) is 23.4. The van der Waals surface area contributed by atoms with Gasteiger partial charge in [-0.2, -0.15) is 0 Å². The number of rotatable bonds is 24. The first-order chi connectivity index (χ1) is 41.3. The van der Waals surface area contributed by atoms with Crippen LogP contribution in [0.4, 0.5) is 0 Å². The molecule has 6 heterocycles. The van der Waals surface area contributed by atoms with Crippen LogP contribution in [0.1, 0.15) is 224 Å². The number of aromatic nitrogens is 4. The summed E-state index contributed by atoms with van der Waals surface area (Å²) in [5.41, 5.74) is 8.82. The quantitative estimate of drug-likeness (QED) is 0.0544. The molecule has 0 fully saturated rings. The lowest BCUT2D eigenvalue weighted by Gasteiger charge is -2.38. The molecule has 3 aliphatic rings. The van der Waals surface area contributed by atoms with Gasteiger partial charge in [0, 0.05) is 83.8 Å². The summed E-state index contributed by atoms with van der Waals surface area (Å²) >= 11 is 0. The molecular formula is C73H80N6O6. The molecule has 12 nitrogen and oxygen atoms in total. The number of imide groups is 2. The van der Waals surface area contributed by atoms with Gasteiger partial charge in [0.15, 0.2) is 0 Å². The standard InChI is InChI=1S/C73H80N6O6/c1-9-17-21-41(13-5)37-73(38-42(14-6)22-18-10-2)55-35-57-59(78-65(74-57)45-25-27-47-63-49(29-31-51(61(45)63)71(78)84)69(82)76(67(47)80)39-43(15-7)23-19-11-3)33-53(55)54-34-60-58(36-56(54)73)75-66-46-26-28-48-64-50(30-32-52(62(46)64)72(85)79(60)66)70(83)77(68(48)81)40-44(16-8)24-20-12-4/h25-36,41-44H,9-24,37-40H2,1-8H3. The first-order valence-corrected chi connectivity index (χ1v) is 32.5. The van der Waals surface area contributed by atoms with Crippen molar-refractivity contribution in [1.82, 2.24) is 28.6 Å². The molecule has 0 saturated heterocycles. The second-order valence-corrected chi connectivity index (χ2v) is 25.7. The maximum Gasteiger partial charge on any atom is 0.264 e. The number of hydrogen-bond donors (Lipinski definition) is 0. The number of unbranched alkanes of at least 4 members (excludes halogenated alkanes) is 4. The summed E-state index contributed by atoms with van der Waals surface area (Å²) in [6.07, 6.45) is 18.2. The molecule has 12 heteroatoms. The van der Waals surface area contributed by atoms with E-state index >= 15 is 9.59 Å². The maximum atomic E-state index is 15.4. The third kappa shape index (κ3) is 8.55. The van der Waals surface area contributed by atoms with E-state index in [1.807, 2.05) is 24.3 Å². The molecule has 1 aliphatic carbocycles. The van der Waals surface area contributed by atoms with E-state index in [1.165, 1.54) is 20.9 Å². The molecule has 2 aliphatic heterocycles. The smallest absolute Gasteiger partial charge is 0.264 e. The fraction of sp³-hybridized carbons (Fsp3) is 0.452. The number of carbonyl (C=O) groups is 4. The second-order valence-electron chi connectivity index (χ2n) is 25.7. The Hall–Kier alpha value is -7.60. The highest BCUT2D eigenvalue weighted by Crippen LogP contribution is 2.58. The highest BCUT2D eigenvalue weighted by molar-refractivity contribution is 6.33. The summed E-state index contributed by atoms with van der Waals surface area (Å²) in [5, 5.41) is 4.52. The lowest BCUT2D eigenvalue weighted by Crippen LogP contribution is -2.43. The Morgan fingerprint density at radius 1 is 0.388 bits per heavy atom. The van der Waals surface area contributed by atoms with Crippen LogP contribution >= 0.6 is 0 Å². The molecule has 13 rings (SSSR count). The fourth-order valence-corrected chi connectivity index (χ4v) is 15.9. The minimum Gasteiger partial charge on any atom is -0.274 e. The Bertz CT molecular complexity index is 4180. The third-order valence-corrected chi connectivity index (χ3v) is 20.8. The summed E-state index contributed by atoms with van der Waals surface area (Å²) in [4.78, 5) is 102. The van der Waals surface area contributed by atoms with Crippen molar-refractivity contribution in [3.8, 4) is 11.1 Å². The van der Waals surface area contributed by atoms with Gasteiger partial charge in [-0.3, -0.25) is 47.4 Å². The van der Waals surface area contributed by atoms with Crippen LogP contribution < -0.4 is 11.1 Å². The van der Waals surface area contributed by atoms with Crippen LogP contribution in [0.15, 0.2) is 82.4 Å². The number of carbonyl (C=O) groups excluding carboxylic acids is 4. The zero-order chi connectivity index (χ0) is 59.3. The molecule has 4 unspecified atom stereocenters. The number of nitrogens with zero attached hydrogens (tertiary/aromatic N) is 6. The number of pyridine rings is 2. The van der Waals surface area contributed by atoms with Crippen molar-refractivity contribution < 1.29 is 19.2 Å². The van der Waals surface area contributed by atoms with Crippen LogP contribution in [0.5, 0.6) is 0 Å². The minimum atomic E-state index is -0.481. The molecular weight excluding hydrogens is 1060 g/mol. The van der Waals surface area contributed by atoms with E-state index in [1.54, 1.807) is 33.1 Å². The van der Waals surface area contributed by atoms with Crippen LogP contribution in [-0.2, 0) is 5.41 Å². The molecule has 438 valence electrons. The normalized spacial score (nSPS) is 17.4. The molecule has 4 atom stereocenters. The highest BCUT2D eigenvalue weighted by atomic mass is 16.2. The number of benzene rings is 6. The van der Waals surface area contributed by atoms with Gasteiger partial charge >= 0.3 is 0 Å². The maximum absolute atomic E-state index is 15.4. The van der Waals surface area contributed by atoms with Gasteiger partial charge in [-0.05, 0) is 144 Å². The van der Waals surface area contributed by atoms with Crippen molar-refractivity contribution in [3.05, 3.63) is 127 Å². The predicted octanol–water partition coefficient (Wildman–Crippen LogP) is 16.6. The van der Waals surface area contributed by atoms with Crippen LogP contribution in [0.2, 0.25) is 0 Å². The van der Waals surface area contributed by atoms with Crippen molar-refractivity contribution in [2.45, 2.75) is 176 Å². The molecule has 6 aromatic carbocycles. The second kappa shape index (κ2) is 22.0. The van der Waals surface area contributed by atoms with Gasteiger partial charge in [0.05, 0.1) is 22.1 Å². The van der Waals surface area contributed by atoms with Crippen LogP contribution in [0, 0.1) is 23.7 Å². The molecule has 0 spiro atoms. The van der Waals surface area contributed by atoms with E-state index in [0.717, 1.165) is 127 Å². The first-order valence-electron chi connectivity index (χ1n) is 32.5. The van der Waals surface area contributed by atoms with Crippen LogP contribution in [0.3, 0.4) is 0 Å². The predicted molar refractivity (Wildman–Crippen MR) is 343 cm³/mol. The molecule has 0 N–H and O–H groups in total. The van der Waals surface area contributed by atoms with Gasteiger partial charge < -0.3 is 0 Å². The van der Waals surface area contributed by atoms with E-state index in [-0.39, 0.29) is 46.6 Å². The van der Waals surface area contributed by atoms with Crippen molar-refractivity contribution in [1.29, 1.82) is 0 Å². The van der Waals surface area contributed by atoms with Gasteiger partial charge in [0.2, 0.25) is 0 Å². The average molecular weight is 1140 g/mol. The van der Waals surface area contributed by atoms with Gasteiger partial charge in [0.25, 0.3) is 34.7 Å². The molecule has 4 amide bonds. The summed E-state index contributed by atoms with van der Waals surface area (Å²) in [5.74, 6) is -0.0673. The minimum absolute atomic E-state index is 0.200. The Kier molecular flexibility index (Phi) is 14.7. The van der Waals surface area contributed by atoms with Gasteiger partial charge in [-0.15, -0.1) is 0 Å². The molecule has 0 bridgehead atoms. The molecule has 0 radical (unpaired) electrons. The molecule has 0 saturated carbocycles. The SMILES string of the molecule is CCCCC(CC)CN1C(=O)c2ccc3c(=O)n4c5cc6c(cc5nc4c4ccc(c2c34)C1=O)C(CC(CC)CCCC)(CC(CC)CCCC)c1cc2nc3c4ccc5c7c(ccc(c(=O)n3c2cc1-6)c74)C(=O)N(CC(CC)CCCC)C5=O. The molecule has 10 aromatic rings. The zero-order valence-electron chi connectivity index (χ0n) is 51.0. The Morgan fingerprint density at radius 2 is 0.718 bits per heavy atom. The van der Waals surface area contributed by atoms with Crippen molar-refractivity contribution in [3.63, 3.8) is 0 Å².